The van der Waals surface area contributed by atoms with Crippen LogP contribution in [0, 0.1) is 0 Å². The summed E-state index contributed by atoms with van der Waals surface area (Å²) in [6, 6.07) is 0. The van der Waals surface area contributed by atoms with Crippen molar-refractivity contribution in [3.8, 4) is 0 Å². The largest absolute Gasteiger partial charge is 0.480 e. The second kappa shape index (κ2) is 4.08. The minimum atomic E-state index is -0.641. The van der Waals surface area contributed by atoms with Crippen molar-refractivity contribution in [3.05, 3.63) is 0 Å². The number of carbonyl (C=O) groups is 1. The Hall–Kier alpha value is -0.260. The van der Waals surface area contributed by atoms with Crippen LogP contribution >= 0.6 is 11.8 Å². The van der Waals surface area contributed by atoms with Gasteiger partial charge in [-0.1, -0.05) is 0 Å². The molecular weight excluding hydrogens is 200 g/mol. The van der Waals surface area contributed by atoms with E-state index in [0.717, 1.165) is 44.1 Å². The molecule has 0 aliphatic carbocycles. The minimum absolute atomic E-state index is 0.545. The molecule has 0 saturated carbocycles. The number of nitrogens with one attached hydrogen (secondary N) is 1. The Balaban J connectivity index is 2.06. The number of rotatable bonds is 2. The number of hydrogen-bond donors (Lipinski definition) is 2. The van der Waals surface area contributed by atoms with Crippen molar-refractivity contribution in [2.45, 2.75) is 12.0 Å². The van der Waals surface area contributed by atoms with Crippen molar-refractivity contribution < 1.29 is 9.90 Å². The molecule has 2 rings (SSSR count). The van der Waals surface area contributed by atoms with Gasteiger partial charge in [-0.3, -0.25) is 9.69 Å². The topological polar surface area (TPSA) is 52.6 Å². The number of aliphatic carboxylic acids is 1. The Bertz CT molecular complexity index is 223. The molecule has 0 bridgehead atoms. The lowest BCUT2D eigenvalue weighted by Gasteiger charge is -2.45. The Labute approximate surface area is 88.0 Å². The molecule has 0 atom stereocenters. The van der Waals surface area contributed by atoms with Crippen molar-refractivity contribution in [2.75, 3.05) is 37.7 Å². The van der Waals surface area contributed by atoms with Gasteiger partial charge in [0.25, 0.3) is 0 Å². The maximum atomic E-state index is 11.2. The highest BCUT2D eigenvalue weighted by Gasteiger charge is 2.49. The molecule has 0 unspecified atom stereocenters. The molecule has 0 spiro atoms. The van der Waals surface area contributed by atoms with Crippen molar-refractivity contribution in [1.82, 2.24) is 10.2 Å². The first-order valence-electron chi connectivity index (χ1n) is 5.03. The molecule has 2 aliphatic heterocycles. The van der Waals surface area contributed by atoms with Crippen molar-refractivity contribution in [2.24, 2.45) is 0 Å². The highest BCUT2D eigenvalue weighted by molar-refractivity contribution is 8.01. The summed E-state index contributed by atoms with van der Waals surface area (Å²) in [5, 5.41) is 12.5. The van der Waals surface area contributed by atoms with Crippen molar-refractivity contribution in [3.63, 3.8) is 0 Å². The van der Waals surface area contributed by atoms with Crippen LogP contribution in [-0.4, -0.2) is 59.2 Å². The van der Waals surface area contributed by atoms with Gasteiger partial charge in [-0.15, -0.1) is 0 Å². The van der Waals surface area contributed by atoms with E-state index in [0.29, 0.717) is 0 Å². The van der Waals surface area contributed by atoms with Gasteiger partial charge in [-0.25, -0.2) is 0 Å². The molecule has 4 nitrogen and oxygen atoms in total. The van der Waals surface area contributed by atoms with Gasteiger partial charge >= 0.3 is 5.97 Å². The summed E-state index contributed by atoms with van der Waals surface area (Å²) in [6.07, 6.45) is 1.06. The van der Waals surface area contributed by atoms with E-state index in [4.69, 9.17) is 0 Å². The molecule has 80 valence electrons. The summed E-state index contributed by atoms with van der Waals surface area (Å²) >= 11 is 1.73. The SMILES string of the molecule is O=C(O)C1(N2CCCNCC2)CSC1. The maximum absolute atomic E-state index is 11.2. The molecular formula is C9H16N2O2S. The van der Waals surface area contributed by atoms with Gasteiger partial charge in [-0.2, -0.15) is 11.8 Å². The van der Waals surface area contributed by atoms with Crippen molar-refractivity contribution in [1.29, 1.82) is 0 Å². The highest BCUT2D eigenvalue weighted by atomic mass is 32.2. The molecule has 2 fully saturated rings. The number of carboxylic acids is 1. The molecule has 2 aliphatic rings. The van der Waals surface area contributed by atoms with E-state index in [1.165, 1.54) is 0 Å². The number of thioether (sulfide) groups is 1. The van der Waals surface area contributed by atoms with Gasteiger partial charge in [-0.05, 0) is 13.0 Å². The number of carboxylic acid groups (broad SMARTS) is 1. The van der Waals surface area contributed by atoms with E-state index in [1.807, 2.05) is 0 Å². The van der Waals surface area contributed by atoms with Crippen molar-refractivity contribution >= 4 is 17.7 Å². The monoisotopic (exact) mass is 216 g/mol. The lowest BCUT2D eigenvalue weighted by atomic mass is 10.0. The molecule has 0 amide bonds. The van der Waals surface area contributed by atoms with Gasteiger partial charge in [0.05, 0.1) is 0 Å². The van der Waals surface area contributed by atoms with Gasteiger partial charge in [0, 0.05) is 31.1 Å². The third-order valence-electron chi connectivity index (χ3n) is 3.03. The highest BCUT2D eigenvalue weighted by Crippen LogP contribution is 2.35. The molecule has 0 radical (unpaired) electrons. The van der Waals surface area contributed by atoms with Crippen LogP contribution in [0.2, 0.25) is 0 Å². The van der Waals surface area contributed by atoms with Crippen LogP contribution in [0.4, 0.5) is 0 Å². The fourth-order valence-corrected chi connectivity index (χ4v) is 3.21. The molecule has 0 aromatic rings. The molecule has 2 N–H and O–H groups in total. The minimum Gasteiger partial charge on any atom is -0.480 e. The third-order valence-corrected chi connectivity index (χ3v) is 4.39. The normalized spacial score (nSPS) is 27.7. The lowest BCUT2D eigenvalue weighted by Crippen LogP contribution is -2.64. The first-order chi connectivity index (χ1) is 6.76. The fourth-order valence-electron chi connectivity index (χ4n) is 2.01. The Morgan fingerprint density at radius 1 is 1.36 bits per heavy atom. The van der Waals surface area contributed by atoms with Crippen LogP contribution in [0.25, 0.3) is 0 Å². The predicted octanol–water partition coefficient (Wildman–Crippen LogP) is -0.148. The predicted molar refractivity (Wildman–Crippen MR) is 56.8 cm³/mol. The third kappa shape index (κ3) is 1.64. The average molecular weight is 216 g/mol. The van der Waals surface area contributed by atoms with Crippen LogP contribution in [0.5, 0.6) is 0 Å². The van der Waals surface area contributed by atoms with Crippen LogP contribution < -0.4 is 5.32 Å². The van der Waals surface area contributed by atoms with E-state index in [1.54, 1.807) is 11.8 Å². The summed E-state index contributed by atoms with van der Waals surface area (Å²) in [6.45, 7) is 3.71. The molecule has 2 saturated heterocycles. The fraction of sp³-hybridized carbons (Fsp3) is 0.889. The van der Waals surface area contributed by atoms with Gasteiger partial charge in [0.2, 0.25) is 0 Å². The molecule has 2 heterocycles. The number of nitrogens with zero attached hydrogens (tertiary/aromatic N) is 1. The molecule has 14 heavy (non-hydrogen) atoms. The van der Waals surface area contributed by atoms with E-state index < -0.39 is 11.5 Å². The van der Waals surface area contributed by atoms with E-state index in [9.17, 15) is 9.90 Å². The van der Waals surface area contributed by atoms with Crippen LogP contribution in [0.1, 0.15) is 6.42 Å². The molecule has 0 aromatic heterocycles. The zero-order valence-corrected chi connectivity index (χ0v) is 8.98. The zero-order valence-electron chi connectivity index (χ0n) is 8.16. The second-order valence-corrected chi connectivity index (χ2v) is 4.91. The van der Waals surface area contributed by atoms with E-state index in [2.05, 4.69) is 10.2 Å². The van der Waals surface area contributed by atoms with Gasteiger partial charge in [0.15, 0.2) is 0 Å². The lowest BCUT2D eigenvalue weighted by molar-refractivity contribution is -0.149. The van der Waals surface area contributed by atoms with Gasteiger partial charge in [0.1, 0.15) is 5.54 Å². The van der Waals surface area contributed by atoms with Gasteiger partial charge < -0.3 is 10.4 Å². The Kier molecular flexibility index (Phi) is 2.99. The molecule has 0 aromatic carbocycles. The summed E-state index contributed by atoms with van der Waals surface area (Å²) in [5.74, 6) is 0.864. The first kappa shape index (κ1) is 10.3. The second-order valence-electron chi connectivity index (χ2n) is 3.92. The Morgan fingerprint density at radius 2 is 2.14 bits per heavy atom. The Morgan fingerprint density at radius 3 is 2.71 bits per heavy atom. The average Bonchev–Trinajstić information content (AvgIpc) is 2.30. The summed E-state index contributed by atoms with van der Waals surface area (Å²) in [4.78, 5) is 13.4. The van der Waals surface area contributed by atoms with E-state index >= 15 is 0 Å². The maximum Gasteiger partial charge on any atom is 0.325 e. The summed E-state index contributed by atoms with van der Waals surface area (Å²) in [7, 11) is 0. The molecule has 5 heteroatoms. The smallest absolute Gasteiger partial charge is 0.325 e. The van der Waals surface area contributed by atoms with Crippen LogP contribution in [0.3, 0.4) is 0 Å². The van der Waals surface area contributed by atoms with E-state index in [-0.39, 0.29) is 0 Å². The summed E-state index contributed by atoms with van der Waals surface area (Å²) < 4.78 is 0. The summed E-state index contributed by atoms with van der Waals surface area (Å²) in [5.41, 5.74) is -0.545. The number of hydrogen-bond acceptors (Lipinski definition) is 4. The van der Waals surface area contributed by atoms with Crippen LogP contribution in [-0.2, 0) is 4.79 Å². The zero-order chi connectivity index (χ0) is 10.0. The van der Waals surface area contributed by atoms with Crippen LogP contribution in [0.15, 0.2) is 0 Å². The first-order valence-corrected chi connectivity index (χ1v) is 6.18. The quantitative estimate of drug-likeness (QED) is 0.672. The standard InChI is InChI=1S/C9H16N2O2S/c12-8(13)9(6-14-7-9)11-4-1-2-10-3-5-11/h10H,1-7H2,(H,12,13).